The predicted octanol–water partition coefficient (Wildman–Crippen LogP) is 0.641. The van der Waals surface area contributed by atoms with Crippen molar-refractivity contribution in [3.05, 3.63) is 11.6 Å². The summed E-state index contributed by atoms with van der Waals surface area (Å²) in [6, 6.07) is 0. The zero-order valence-electron chi connectivity index (χ0n) is 2.47. The summed E-state index contributed by atoms with van der Waals surface area (Å²) in [5.74, 6) is 0. The number of hydroxylamine groups is 1. The Labute approximate surface area is 34.4 Å². The molecule has 0 saturated heterocycles. The van der Waals surface area contributed by atoms with Gasteiger partial charge in [-0.3, -0.25) is 5.48 Å². The first-order valence-electron chi connectivity index (χ1n) is 1.23. The quantitative estimate of drug-likeness (QED) is 0.440. The third-order valence-corrected chi connectivity index (χ3v) is 0.728. The van der Waals surface area contributed by atoms with Crippen LogP contribution >= 0.6 is 12.0 Å². The molecule has 0 saturated carbocycles. The Hall–Kier alpha value is -0.150. The first kappa shape index (κ1) is 3.06. The van der Waals surface area contributed by atoms with E-state index in [1.807, 2.05) is 5.41 Å². The lowest BCUT2D eigenvalue weighted by molar-refractivity contribution is 0.305. The van der Waals surface area contributed by atoms with Crippen molar-refractivity contribution in [2.75, 3.05) is 0 Å². The van der Waals surface area contributed by atoms with Gasteiger partial charge in [0.25, 0.3) is 0 Å². The van der Waals surface area contributed by atoms with Crippen molar-refractivity contribution in [2.24, 2.45) is 0 Å². The van der Waals surface area contributed by atoms with Crippen LogP contribution in [-0.4, -0.2) is 0 Å². The van der Waals surface area contributed by atoms with Crippen LogP contribution in [0.5, 0.6) is 0 Å². The zero-order chi connectivity index (χ0) is 3.54. The first-order valence-corrected chi connectivity index (χ1v) is 2.03. The van der Waals surface area contributed by atoms with Crippen LogP contribution in [0.15, 0.2) is 11.6 Å². The van der Waals surface area contributed by atoms with Gasteiger partial charge in [-0.1, -0.05) is 0 Å². The summed E-state index contributed by atoms with van der Waals surface area (Å²) in [6.45, 7) is 0. The second-order valence-electron chi connectivity index (χ2n) is 0.600. The maximum absolute atomic E-state index is 4.50. The SMILES string of the molecule is C1=CSON1. The van der Waals surface area contributed by atoms with E-state index < -0.39 is 0 Å². The minimum Gasteiger partial charge on any atom is -0.260 e. The van der Waals surface area contributed by atoms with Gasteiger partial charge >= 0.3 is 0 Å². The van der Waals surface area contributed by atoms with Crippen molar-refractivity contribution in [3.8, 4) is 0 Å². The number of hydrogen-bond donors (Lipinski definition) is 1. The van der Waals surface area contributed by atoms with Crippen LogP contribution in [0.1, 0.15) is 0 Å². The van der Waals surface area contributed by atoms with Crippen molar-refractivity contribution in [2.45, 2.75) is 0 Å². The molecule has 1 N–H and O–H groups in total. The van der Waals surface area contributed by atoms with Gasteiger partial charge in [-0.15, -0.1) is 0 Å². The van der Waals surface area contributed by atoms with Crippen molar-refractivity contribution < 1.29 is 4.28 Å². The second-order valence-corrected chi connectivity index (χ2v) is 1.23. The van der Waals surface area contributed by atoms with E-state index >= 15 is 0 Å². The number of nitrogens with one attached hydrogen (secondary N) is 1. The average Bonchev–Trinajstić information content (AvgIpc) is 1.76. The highest BCUT2D eigenvalue weighted by atomic mass is 32.2. The van der Waals surface area contributed by atoms with E-state index in [2.05, 4.69) is 9.76 Å². The molecule has 0 bridgehead atoms. The Morgan fingerprint density at radius 3 is 3.00 bits per heavy atom. The van der Waals surface area contributed by atoms with Gasteiger partial charge in [-0.2, -0.15) is 0 Å². The van der Waals surface area contributed by atoms with E-state index in [0.29, 0.717) is 0 Å². The Bertz CT molecular complexity index is 47.6. The molecular formula is C2H3NOS. The van der Waals surface area contributed by atoms with Crippen molar-refractivity contribution in [1.82, 2.24) is 5.48 Å². The van der Waals surface area contributed by atoms with E-state index in [1.165, 1.54) is 12.0 Å². The fraction of sp³-hybridized carbons (Fsp3) is 0. The van der Waals surface area contributed by atoms with Crippen LogP contribution in [-0.2, 0) is 4.28 Å². The first-order chi connectivity index (χ1) is 2.50. The van der Waals surface area contributed by atoms with Crippen molar-refractivity contribution in [1.29, 1.82) is 0 Å². The molecule has 0 fully saturated rings. The lowest BCUT2D eigenvalue weighted by atomic mass is 11.1. The van der Waals surface area contributed by atoms with Gasteiger partial charge in [0.2, 0.25) is 0 Å². The summed E-state index contributed by atoms with van der Waals surface area (Å²) in [7, 11) is 0. The Balaban J connectivity index is 2.32. The van der Waals surface area contributed by atoms with Gasteiger partial charge in [0, 0.05) is 11.6 Å². The highest BCUT2D eigenvalue weighted by molar-refractivity contribution is 7.97. The summed E-state index contributed by atoms with van der Waals surface area (Å²) < 4.78 is 4.50. The molecule has 0 spiro atoms. The summed E-state index contributed by atoms with van der Waals surface area (Å²) in [6.07, 6.45) is 1.73. The molecule has 2 nitrogen and oxygen atoms in total. The lowest BCUT2D eigenvalue weighted by Gasteiger charge is -1.79. The van der Waals surface area contributed by atoms with Crippen molar-refractivity contribution in [3.63, 3.8) is 0 Å². The molecule has 0 aliphatic carbocycles. The van der Waals surface area contributed by atoms with E-state index in [-0.39, 0.29) is 0 Å². The van der Waals surface area contributed by atoms with E-state index in [0.717, 1.165) is 0 Å². The molecule has 0 unspecified atom stereocenters. The zero-order valence-corrected chi connectivity index (χ0v) is 3.29. The summed E-state index contributed by atoms with van der Waals surface area (Å²) in [5, 5.41) is 1.82. The summed E-state index contributed by atoms with van der Waals surface area (Å²) in [5.41, 5.74) is 2.50. The highest BCUT2D eigenvalue weighted by Crippen LogP contribution is 2.04. The average molecular weight is 89.1 g/mol. The summed E-state index contributed by atoms with van der Waals surface area (Å²) in [4.78, 5) is 0. The van der Waals surface area contributed by atoms with Gasteiger partial charge < -0.3 is 0 Å². The molecule has 5 heavy (non-hydrogen) atoms. The van der Waals surface area contributed by atoms with Crippen molar-refractivity contribution >= 4 is 12.0 Å². The topological polar surface area (TPSA) is 21.3 Å². The van der Waals surface area contributed by atoms with Gasteiger partial charge in [-0.25, -0.2) is 4.28 Å². The second kappa shape index (κ2) is 1.33. The molecule has 1 aliphatic heterocycles. The maximum Gasteiger partial charge on any atom is 0.0532 e. The molecule has 0 amide bonds. The van der Waals surface area contributed by atoms with Crippen LogP contribution in [0.4, 0.5) is 0 Å². The predicted molar refractivity (Wildman–Crippen MR) is 21.0 cm³/mol. The fourth-order valence-electron chi connectivity index (χ4n) is 0.139. The van der Waals surface area contributed by atoms with Gasteiger partial charge in [-0.05, 0) is 0 Å². The number of hydrogen-bond acceptors (Lipinski definition) is 3. The summed E-state index contributed by atoms with van der Waals surface area (Å²) >= 11 is 1.28. The largest absolute Gasteiger partial charge is 0.260 e. The van der Waals surface area contributed by atoms with Gasteiger partial charge in [0.1, 0.15) is 0 Å². The highest BCUT2D eigenvalue weighted by Gasteiger charge is 1.82. The Kier molecular flexibility index (Phi) is 0.813. The van der Waals surface area contributed by atoms with Crippen LogP contribution < -0.4 is 5.48 Å². The van der Waals surface area contributed by atoms with E-state index in [1.54, 1.807) is 6.20 Å². The van der Waals surface area contributed by atoms with E-state index in [9.17, 15) is 0 Å². The lowest BCUT2D eigenvalue weighted by Crippen LogP contribution is -1.90. The Morgan fingerprint density at radius 1 is 1.80 bits per heavy atom. The normalized spacial score (nSPS) is 19.2. The monoisotopic (exact) mass is 89.0 g/mol. The van der Waals surface area contributed by atoms with Crippen LogP contribution in [0.2, 0.25) is 0 Å². The van der Waals surface area contributed by atoms with Crippen LogP contribution in [0.3, 0.4) is 0 Å². The van der Waals surface area contributed by atoms with Crippen LogP contribution in [0.25, 0.3) is 0 Å². The molecule has 0 radical (unpaired) electrons. The minimum atomic E-state index is 1.28. The van der Waals surface area contributed by atoms with Gasteiger partial charge in [0.05, 0.1) is 12.0 Å². The van der Waals surface area contributed by atoms with E-state index in [4.69, 9.17) is 0 Å². The fourth-order valence-corrected chi connectivity index (χ4v) is 0.417. The third-order valence-electron chi connectivity index (χ3n) is 0.288. The standard InChI is InChI=1S/C2H3NOS/c1-2-5-4-3-1/h1-3H. The van der Waals surface area contributed by atoms with Gasteiger partial charge in [0.15, 0.2) is 0 Å². The molecule has 1 heterocycles. The molecular weight excluding hydrogens is 86.1 g/mol. The molecule has 0 aromatic carbocycles. The molecule has 0 atom stereocenters. The molecule has 3 heteroatoms. The smallest absolute Gasteiger partial charge is 0.0532 e. The Morgan fingerprint density at radius 2 is 2.80 bits per heavy atom. The molecule has 0 aromatic heterocycles. The molecule has 0 aromatic rings. The maximum atomic E-state index is 4.50. The molecule has 1 rings (SSSR count). The number of rotatable bonds is 0. The third kappa shape index (κ3) is 0.560. The van der Waals surface area contributed by atoms with Crippen LogP contribution in [0, 0.1) is 0 Å². The molecule has 28 valence electrons. The molecule has 1 aliphatic rings. The minimum absolute atomic E-state index is 1.28.